The van der Waals surface area contributed by atoms with Crippen molar-refractivity contribution in [3.63, 3.8) is 0 Å². The maximum absolute atomic E-state index is 12.1. The van der Waals surface area contributed by atoms with Gasteiger partial charge < -0.3 is 20.7 Å². The van der Waals surface area contributed by atoms with Crippen LogP contribution < -0.4 is 11.1 Å². The van der Waals surface area contributed by atoms with Gasteiger partial charge in [0.1, 0.15) is 0 Å². The maximum Gasteiger partial charge on any atom is 0.224 e. The Labute approximate surface area is 107 Å². The molecule has 0 radical (unpaired) electrons. The molecule has 2 aliphatic rings. The first kappa shape index (κ1) is 13.3. The highest BCUT2D eigenvalue weighted by molar-refractivity contribution is 5.79. The minimum absolute atomic E-state index is 0.0646. The molecule has 0 aromatic rings. The number of rotatable bonds is 3. The molecule has 2 fully saturated rings. The molecule has 102 valence electrons. The summed E-state index contributed by atoms with van der Waals surface area (Å²) in [7, 11) is 0. The van der Waals surface area contributed by atoms with Gasteiger partial charge in [-0.1, -0.05) is 0 Å². The van der Waals surface area contributed by atoms with Crippen molar-refractivity contribution in [1.29, 1.82) is 0 Å². The Balaban J connectivity index is 1.75. The number of hydrogen-bond acceptors (Lipinski definition) is 4. The van der Waals surface area contributed by atoms with Gasteiger partial charge in [0.15, 0.2) is 0 Å². The third kappa shape index (κ3) is 3.43. The van der Waals surface area contributed by atoms with Gasteiger partial charge in [0, 0.05) is 38.0 Å². The van der Waals surface area contributed by atoms with Gasteiger partial charge >= 0.3 is 0 Å². The lowest BCUT2D eigenvalue weighted by Gasteiger charge is -2.32. The number of morpholine rings is 1. The predicted molar refractivity (Wildman–Crippen MR) is 65.7 cm³/mol. The van der Waals surface area contributed by atoms with Gasteiger partial charge in [0.25, 0.3) is 0 Å². The summed E-state index contributed by atoms with van der Waals surface area (Å²) in [5.41, 5.74) is 5.27. The zero-order valence-electron chi connectivity index (χ0n) is 10.6. The third-order valence-electron chi connectivity index (χ3n) is 3.67. The fourth-order valence-corrected chi connectivity index (χ4v) is 2.50. The van der Waals surface area contributed by atoms with Crippen molar-refractivity contribution in [2.24, 2.45) is 11.7 Å². The molecule has 18 heavy (non-hydrogen) atoms. The van der Waals surface area contributed by atoms with Gasteiger partial charge in [-0.25, -0.2) is 0 Å². The first-order chi connectivity index (χ1) is 8.66. The maximum atomic E-state index is 12.1. The van der Waals surface area contributed by atoms with Crippen LogP contribution in [0.5, 0.6) is 0 Å². The lowest BCUT2D eigenvalue weighted by Crippen LogP contribution is -2.47. The van der Waals surface area contributed by atoms with E-state index in [-0.39, 0.29) is 23.8 Å². The molecule has 0 spiro atoms. The normalized spacial score (nSPS) is 26.0. The van der Waals surface area contributed by atoms with Crippen molar-refractivity contribution in [2.75, 3.05) is 32.8 Å². The first-order valence-electron chi connectivity index (χ1n) is 6.55. The van der Waals surface area contributed by atoms with Crippen LogP contribution in [0, 0.1) is 5.92 Å². The number of nitrogens with zero attached hydrogens (tertiary/aromatic N) is 1. The number of ether oxygens (including phenoxy) is 1. The van der Waals surface area contributed by atoms with E-state index in [2.05, 4.69) is 5.32 Å². The average molecular weight is 255 g/mol. The number of carbonyl (C=O) groups is 2. The van der Waals surface area contributed by atoms with Crippen LogP contribution in [-0.2, 0) is 14.3 Å². The minimum atomic E-state index is -0.246. The van der Waals surface area contributed by atoms with E-state index in [0.29, 0.717) is 45.6 Å². The molecule has 2 amide bonds. The van der Waals surface area contributed by atoms with Crippen LogP contribution in [0.4, 0.5) is 0 Å². The van der Waals surface area contributed by atoms with Crippen molar-refractivity contribution < 1.29 is 14.3 Å². The number of piperidine rings is 1. The van der Waals surface area contributed by atoms with E-state index in [0.717, 1.165) is 6.54 Å². The van der Waals surface area contributed by atoms with Crippen LogP contribution in [0.2, 0.25) is 0 Å². The SMILES string of the molecule is NC(=O)C1CCN(C(=O)CC2COCCN2)CC1. The van der Waals surface area contributed by atoms with Crippen LogP contribution in [-0.4, -0.2) is 55.6 Å². The zero-order chi connectivity index (χ0) is 13.0. The van der Waals surface area contributed by atoms with E-state index in [4.69, 9.17) is 10.5 Å². The smallest absolute Gasteiger partial charge is 0.224 e. The Bertz CT molecular complexity index is 308. The molecule has 6 heteroatoms. The molecule has 6 nitrogen and oxygen atoms in total. The number of hydrogen-bond donors (Lipinski definition) is 2. The number of nitrogens with two attached hydrogens (primary N) is 1. The van der Waals surface area contributed by atoms with Gasteiger partial charge in [-0.05, 0) is 12.8 Å². The van der Waals surface area contributed by atoms with E-state index in [1.807, 2.05) is 4.90 Å². The summed E-state index contributed by atoms with van der Waals surface area (Å²) in [6.45, 7) is 3.40. The van der Waals surface area contributed by atoms with Crippen molar-refractivity contribution in [1.82, 2.24) is 10.2 Å². The molecule has 3 N–H and O–H groups in total. The second-order valence-corrected chi connectivity index (χ2v) is 4.99. The van der Waals surface area contributed by atoms with E-state index < -0.39 is 0 Å². The van der Waals surface area contributed by atoms with Gasteiger partial charge in [0.2, 0.25) is 11.8 Å². The van der Waals surface area contributed by atoms with Crippen LogP contribution in [0.3, 0.4) is 0 Å². The van der Waals surface area contributed by atoms with Gasteiger partial charge in [-0.15, -0.1) is 0 Å². The summed E-state index contributed by atoms with van der Waals surface area (Å²) >= 11 is 0. The van der Waals surface area contributed by atoms with Crippen molar-refractivity contribution >= 4 is 11.8 Å². The van der Waals surface area contributed by atoms with Crippen molar-refractivity contribution in [2.45, 2.75) is 25.3 Å². The lowest BCUT2D eigenvalue weighted by molar-refractivity contribution is -0.135. The van der Waals surface area contributed by atoms with E-state index in [1.54, 1.807) is 0 Å². The molecular weight excluding hydrogens is 234 g/mol. The number of primary amides is 1. The summed E-state index contributed by atoms with van der Waals surface area (Å²) in [6.07, 6.45) is 1.85. The summed E-state index contributed by atoms with van der Waals surface area (Å²) in [5, 5.41) is 3.27. The zero-order valence-corrected chi connectivity index (χ0v) is 10.6. The molecule has 0 aromatic carbocycles. The van der Waals surface area contributed by atoms with Crippen molar-refractivity contribution in [3.05, 3.63) is 0 Å². The molecule has 1 unspecified atom stereocenters. The molecule has 0 bridgehead atoms. The van der Waals surface area contributed by atoms with Crippen LogP contribution in [0.15, 0.2) is 0 Å². The van der Waals surface area contributed by atoms with Gasteiger partial charge in [-0.3, -0.25) is 9.59 Å². The largest absolute Gasteiger partial charge is 0.378 e. The van der Waals surface area contributed by atoms with E-state index >= 15 is 0 Å². The average Bonchev–Trinajstić information content (AvgIpc) is 2.40. The summed E-state index contributed by atoms with van der Waals surface area (Å²) in [6, 6.07) is 0.125. The Morgan fingerprint density at radius 2 is 2.06 bits per heavy atom. The molecule has 2 saturated heterocycles. The monoisotopic (exact) mass is 255 g/mol. The lowest BCUT2D eigenvalue weighted by atomic mass is 9.96. The molecular formula is C12H21N3O3. The fraction of sp³-hybridized carbons (Fsp3) is 0.833. The highest BCUT2D eigenvalue weighted by Gasteiger charge is 2.27. The second-order valence-electron chi connectivity index (χ2n) is 4.99. The highest BCUT2D eigenvalue weighted by atomic mass is 16.5. The molecule has 0 saturated carbocycles. The Morgan fingerprint density at radius 3 is 2.61 bits per heavy atom. The Morgan fingerprint density at radius 1 is 1.33 bits per heavy atom. The summed E-state index contributed by atoms with van der Waals surface area (Å²) < 4.78 is 5.32. The molecule has 0 aliphatic carbocycles. The van der Waals surface area contributed by atoms with Crippen LogP contribution in [0.1, 0.15) is 19.3 Å². The topological polar surface area (TPSA) is 84.7 Å². The summed E-state index contributed by atoms with van der Waals surface area (Å²) in [4.78, 5) is 24.9. The predicted octanol–water partition coefficient (Wildman–Crippen LogP) is -0.911. The number of carbonyl (C=O) groups excluding carboxylic acids is 2. The van der Waals surface area contributed by atoms with Gasteiger partial charge in [-0.2, -0.15) is 0 Å². The standard InChI is InChI=1S/C12H21N3O3/c13-12(17)9-1-4-15(5-2-9)11(16)7-10-8-18-6-3-14-10/h9-10,14H,1-8H2,(H2,13,17). The first-order valence-corrected chi connectivity index (χ1v) is 6.55. The van der Waals surface area contributed by atoms with Crippen molar-refractivity contribution in [3.8, 4) is 0 Å². The van der Waals surface area contributed by atoms with E-state index in [9.17, 15) is 9.59 Å². The highest BCUT2D eigenvalue weighted by Crippen LogP contribution is 2.17. The molecule has 2 rings (SSSR count). The van der Waals surface area contributed by atoms with Crippen LogP contribution in [0.25, 0.3) is 0 Å². The molecule has 0 aromatic heterocycles. The second kappa shape index (κ2) is 6.15. The number of amides is 2. The summed E-state index contributed by atoms with van der Waals surface area (Å²) in [5.74, 6) is -0.171. The molecule has 1 atom stereocenters. The number of nitrogens with one attached hydrogen (secondary N) is 1. The van der Waals surface area contributed by atoms with Gasteiger partial charge in [0.05, 0.1) is 13.2 Å². The van der Waals surface area contributed by atoms with E-state index in [1.165, 1.54) is 0 Å². The number of likely N-dealkylation sites (tertiary alicyclic amines) is 1. The third-order valence-corrected chi connectivity index (χ3v) is 3.67. The quantitative estimate of drug-likeness (QED) is 0.683. The minimum Gasteiger partial charge on any atom is -0.378 e. The molecule has 2 aliphatic heterocycles. The van der Waals surface area contributed by atoms with Crippen LogP contribution >= 0.6 is 0 Å². The molecule has 2 heterocycles. The Hall–Kier alpha value is -1.14. The fourth-order valence-electron chi connectivity index (χ4n) is 2.50. The Kier molecular flexibility index (Phi) is 4.54.